The van der Waals surface area contributed by atoms with Crippen LogP contribution in [-0.4, -0.2) is 34.9 Å². The van der Waals surface area contributed by atoms with Crippen molar-refractivity contribution in [2.45, 2.75) is 32.2 Å². The summed E-state index contributed by atoms with van der Waals surface area (Å²) in [6, 6.07) is 1.25. The molecule has 5 heteroatoms. The van der Waals surface area contributed by atoms with Gasteiger partial charge < -0.3 is 10.2 Å². The predicted molar refractivity (Wildman–Crippen MR) is 68.1 cm³/mol. The smallest absolute Gasteiger partial charge is 0.258 e. The van der Waals surface area contributed by atoms with E-state index in [1.165, 1.54) is 6.07 Å². The summed E-state index contributed by atoms with van der Waals surface area (Å²) in [6.07, 6.45) is 3.06. The normalized spacial score (nSPS) is 17.9. The van der Waals surface area contributed by atoms with E-state index in [4.69, 9.17) is 0 Å². The first kappa shape index (κ1) is 12.8. The lowest BCUT2D eigenvalue weighted by Gasteiger charge is -2.32. The van der Waals surface area contributed by atoms with Crippen LogP contribution in [0.5, 0.6) is 0 Å². The Morgan fingerprint density at radius 2 is 2.28 bits per heavy atom. The van der Waals surface area contributed by atoms with E-state index in [1.54, 1.807) is 11.9 Å². The molecular weight excluding hydrogens is 233 g/mol. The van der Waals surface area contributed by atoms with Crippen LogP contribution >= 0.6 is 0 Å². The molecule has 1 aliphatic rings. The fourth-order valence-corrected chi connectivity index (χ4v) is 2.43. The summed E-state index contributed by atoms with van der Waals surface area (Å²) in [7, 11) is 1.67. The molecule has 1 fully saturated rings. The zero-order valence-corrected chi connectivity index (χ0v) is 11.0. The fraction of sp³-hybridized carbons (Fsp3) is 0.538. The summed E-state index contributed by atoms with van der Waals surface area (Å²) < 4.78 is 13.3. The van der Waals surface area contributed by atoms with Crippen LogP contribution in [0.2, 0.25) is 0 Å². The predicted octanol–water partition coefficient (Wildman–Crippen LogP) is 2.28. The Morgan fingerprint density at radius 1 is 1.56 bits per heavy atom. The topological polar surface area (TPSA) is 45.2 Å². The van der Waals surface area contributed by atoms with E-state index in [0.717, 1.165) is 19.0 Å². The number of nitrogens with one attached hydrogen (secondary N) is 1. The number of halogens is 1. The molecule has 2 heterocycles. The number of amides is 1. The standard InChI is InChI=1S/C13H18FN3O/c1-13(2)5-4-6-17(13)12(18)10-7-9(14)8-16-11(10)15-3/h7-8H,4-6H2,1-3H3,(H,15,16). The van der Waals surface area contributed by atoms with Crippen molar-refractivity contribution in [1.82, 2.24) is 9.88 Å². The van der Waals surface area contributed by atoms with Gasteiger partial charge in [0.15, 0.2) is 0 Å². The third-order valence-electron chi connectivity index (χ3n) is 3.47. The zero-order valence-electron chi connectivity index (χ0n) is 11.0. The summed E-state index contributed by atoms with van der Waals surface area (Å²) in [5.74, 6) is -0.229. The van der Waals surface area contributed by atoms with E-state index in [0.29, 0.717) is 17.9 Å². The maximum absolute atomic E-state index is 13.3. The second kappa shape index (κ2) is 4.55. The largest absolute Gasteiger partial charge is 0.372 e. The molecule has 0 bridgehead atoms. The van der Waals surface area contributed by atoms with Crippen molar-refractivity contribution in [3.63, 3.8) is 0 Å². The lowest BCUT2D eigenvalue weighted by Crippen LogP contribution is -2.42. The van der Waals surface area contributed by atoms with Gasteiger partial charge in [-0.3, -0.25) is 4.79 Å². The molecule has 0 saturated carbocycles. The molecule has 1 aromatic heterocycles. The number of nitrogens with zero attached hydrogens (tertiary/aromatic N) is 2. The van der Waals surface area contributed by atoms with Crippen molar-refractivity contribution in [2.24, 2.45) is 0 Å². The maximum Gasteiger partial charge on any atom is 0.258 e. The summed E-state index contributed by atoms with van der Waals surface area (Å²) >= 11 is 0. The molecule has 0 spiro atoms. The molecule has 0 unspecified atom stereocenters. The van der Waals surface area contributed by atoms with Gasteiger partial charge in [-0.25, -0.2) is 9.37 Å². The fourth-order valence-electron chi connectivity index (χ4n) is 2.43. The molecule has 0 aliphatic carbocycles. The highest BCUT2D eigenvalue weighted by Gasteiger charge is 2.36. The second-order valence-electron chi connectivity index (χ2n) is 5.17. The lowest BCUT2D eigenvalue weighted by atomic mass is 10.0. The van der Waals surface area contributed by atoms with Gasteiger partial charge in [0.25, 0.3) is 5.91 Å². The van der Waals surface area contributed by atoms with E-state index < -0.39 is 5.82 Å². The molecule has 1 saturated heterocycles. The van der Waals surface area contributed by atoms with Crippen molar-refractivity contribution in [2.75, 3.05) is 18.9 Å². The van der Waals surface area contributed by atoms with E-state index in [1.807, 2.05) is 13.8 Å². The number of rotatable bonds is 2. The lowest BCUT2D eigenvalue weighted by molar-refractivity contribution is 0.0652. The van der Waals surface area contributed by atoms with Crippen molar-refractivity contribution in [3.8, 4) is 0 Å². The van der Waals surface area contributed by atoms with Gasteiger partial charge in [-0.1, -0.05) is 0 Å². The molecular formula is C13H18FN3O. The minimum Gasteiger partial charge on any atom is -0.372 e. The van der Waals surface area contributed by atoms with E-state index >= 15 is 0 Å². The molecule has 1 amide bonds. The minimum atomic E-state index is -0.491. The Kier molecular flexibility index (Phi) is 3.24. The first-order valence-electron chi connectivity index (χ1n) is 6.11. The van der Waals surface area contributed by atoms with Crippen LogP contribution in [0.4, 0.5) is 10.2 Å². The molecule has 2 rings (SSSR count). The number of anilines is 1. The van der Waals surface area contributed by atoms with Gasteiger partial charge in [0.2, 0.25) is 0 Å². The number of hydrogen-bond acceptors (Lipinski definition) is 3. The van der Waals surface area contributed by atoms with Gasteiger partial charge in [-0.15, -0.1) is 0 Å². The summed E-state index contributed by atoms with van der Waals surface area (Å²) in [5.41, 5.74) is 0.126. The van der Waals surface area contributed by atoms with Gasteiger partial charge in [-0.2, -0.15) is 0 Å². The average molecular weight is 251 g/mol. The van der Waals surface area contributed by atoms with Crippen LogP contribution in [0, 0.1) is 5.82 Å². The van der Waals surface area contributed by atoms with Crippen molar-refractivity contribution >= 4 is 11.7 Å². The van der Waals surface area contributed by atoms with Crippen LogP contribution in [0.1, 0.15) is 37.0 Å². The first-order chi connectivity index (χ1) is 8.45. The average Bonchev–Trinajstić information content (AvgIpc) is 2.68. The van der Waals surface area contributed by atoms with Crippen LogP contribution in [-0.2, 0) is 0 Å². The van der Waals surface area contributed by atoms with Crippen molar-refractivity contribution in [1.29, 1.82) is 0 Å². The summed E-state index contributed by atoms with van der Waals surface area (Å²) in [5, 5.41) is 2.83. The zero-order chi connectivity index (χ0) is 13.3. The number of carbonyl (C=O) groups excluding carboxylic acids is 1. The Hall–Kier alpha value is -1.65. The second-order valence-corrected chi connectivity index (χ2v) is 5.17. The van der Waals surface area contributed by atoms with Gasteiger partial charge in [0, 0.05) is 19.1 Å². The van der Waals surface area contributed by atoms with Gasteiger partial charge >= 0.3 is 0 Å². The summed E-state index contributed by atoms with van der Waals surface area (Å²) in [6.45, 7) is 4.78. The molecule has 0 aromatic carbocycles. The monoisotopic (exact) mass is 251 g/mol. The number of likely N-dealkylation sites (tertiary alicyclic amines) is 1. The van der Waals surface area contributed by atoms with Gasteiger partial charge in [-0.05, 0) is 32.8 Å². The third kappa shape index (κ3) is 2.17. The molecule has 98 valence electrons. The highest BCUT2D eigenvalue weighted by molar-refractivity contribution is 5.99. The Labute approximate surface area is 106 Å². The van der Waals surface area contributed by atoms with Crippen LogP contribution in [0.15, 0.2) is 12.3 Å². The molecule has 1 N–H and O–H groups in total. The molecule has 0 atom stereocenters. The van der Waals surface area contributed by atoms with Gasteiger partial charge in [0.1, 0.15) is 11.6 Å². The molecule has 0 radical (unpaired) electrons. The number of carbonyl (C=O) groups is 1. The first-order valence-corrected chi connectivity index (χ1v) is 6.11. The van der Waals surface area contributed by atoms with E-state index in [9.17, 15) is 9.18 Å². The summed E-state index contributed by atoms with van der Waals surface area (Å²) in [4.78, 5) is 18.2. The maximum atomic E-state index is 13.3. The van der Waals surface area contributed by atoms with Crippen molar-refractivity contribution < 1.29 is 9.18 Å². The van der Waals surface area contributed by atoms with Crippen molar-refractivity contribution in [3.05, 3.63) is 23.6 Å². The molecule has 1 aromatic rings. The van der Waals surface area contributed by atoms with E-state index in [2.05, 4.69) is 10.3 Å². The Bertz CT molecular complexity index is 473. The highest BCUT2D eigenvalue weighted by atomic mass is 19.1. The number of aromatic nitrogens is 1. The Morgan fingerprint density at radius 3 is 2.83 bits per heavy atom. The minimum absolute atomic E-state index is 0.158. The van der Waals surface area contributed by atoms with Crippen LogP contribution in [0.3, 0.4) is 0 Å². The third-order valence-corrected chi connectivity index (χ3v) is 3.47. The van der Waals surface area contributed by atoms with Gasteiger partial charge in [0.05, 0.1) is 11.8 Å². The van der Waals surface area contributed by atoms with Crippen LogP contribution in [0.25, 0.3) is 0 Å². The number of hydrogen-bond donors (Lipinski definition) is 1. The molecule has 1 aliphatic heterocycles. The van der Waals surface area contributed by atoms with Crippen LogP contribution < -0.4 is 5.32 Å². The quantitative estimate of drug-likeness (QED) is 0.877. The molecule has 18 heavy (non-hydrogen) atoms. The Balaban J connectivity index is 2.37. The SMILES string of the molecule is CNc1ncc(F)cc1C(=O)N1CCCC1(C)C. The highest BCUT2D eigenvalue weighted by Crippen LogP contribution is 2.30. The molecule has 4 nitrogen and oxygen atoms in total. The van der Waals surface area contributed by atoms with E-state index in [-0.39, 0.29) is 11.4 Å². The number of pyridine rings is 1.